The highest BCUT2D eigenvalue weighted by Gasteiger charge is 2.24. The first-order valence-corrected chi connectivity index (χ1v) is 11.5. The molecule has 1 heterocycles. The third-order valence-electron chi connectivity index (χ3n) is 4.95. The SMILES string of the molecule is CCOc1ccc(C(=O)N(CCN(C)C)c2nc3c(OC)ccc(C)c3s2)cc1OCC. The molecule has 0 aliphatic rings. The van der Waals surface area contributed by atoms with Gasteiger partial charge in [-0.3, -0.25) is 9.69 Å². The second-order valence-electron chi connectivity index (χ2n) is 7.55. The zero-order valence-electron chi connectivity index (χ0n) is 19.6. The van der Waals surface area contributed by atoms with E-state index in [1.54, 1.807) is 30.2 Å². The molecule has 1 amide bonds. The Balaban J connectivity index is 2.04. The minimum absolute atomic E-state index is 0.133. The number of aryl methyl sites for hydroxylation is 1. The van der Waals surface area contributed by atoms with Crippen LogP contribution < -0.4 is 19.1 Å². The van der Waals surface area contributed by atoms with Gasteiger partial charge in [0.05, 0.1) is 25.0 Å². The van der Waals surface area contributed by atoms with Gasteiger partial charge < -0.3 is 19.1 Å². The van der Waals surface area contributed by atoms with Gasteiger partial charge in [-0.2, -0.15) is 0 Å². The van der Waals surface area contributed by atoms with Crippen molar-refractivity contribution in [1.82, 2.24) is 9.88 Å². The summed E-state index contributed by atoms with van der Waals surface area (Å²) in [6.07, 6.45) is 0. The Kier molecular flexibility index (Phi) is 7.93. The molecule has 0 atom stereocenters. The Bertz CT molecular complexity index is 1080. The first-order valence-electron chi connectivity index (χ1n) is 10.7. The number of hydrogen-bond donors (Lipinski definition) is 0. The van der Waals surface area contributed by atoms with Crippen LogP contribution in [0.4, 0.5) is 5.13 Å². The Morgan fingerprint density at radius 3 is 2.34 bits per heavy atom. The number of rotatable bonds is 10. The fraction of sp³-hybridized carbons (Fsp3) is 0.417. The van der Waals surface area contributed by atoms with E-state index in [1.807, 2.05) is 51.9 Å². The molecule has 0 bridgehead atoms. The second-order valence-corrected chi connectivity index (χ2v) is 8.52. The number of amides is 1. The van der Waals surface area contributed by atoms with Gasteiger partial charge in [0, 0.05) is 18.7 Å². The Hall–Kier alpha value is -2.84. The van der Waals surface area contributed by atoms with Crippen molar-refractivity contribution in [3.63, 3.8) is 0 Å². The second kappa shape index (κ2) is 10.7. The minimum Gasteiger partial charge on any atom is -0.494 e. The highest BCUT2D eigenvalue weighted by atomic mass is 32.1. The molecule has 0 aliphatic heterocycles. The zero-order valence-corrected chi connectivity index (χ0v) is 20.4. The highest BCUT2D eigenvalue weighted by Crippen LogP contribution is 2.37. The van der Waals surface area contributed by atoms with Gasteiger partial charge >= 0.3 is 0 Å². The first kappa shape index (κ1) is 23.8. The summed E-state index contributed by atoms with van der Waals surface area (Å²) >= 11 is 1.50. The molecule has 0 aliphatic carbocycles. The van der Waals surface area contributed by atoms with E-state index in [0.717, 1.165) is 15.8 Å². The summed E-state index contributed by atoms with van der Waals surface area (Å²) in [5.74, 6) is 1.76. The van der Waals surface area contributed by atoms with E-state index in [4.69, 9.17) is 19.2 Å². The quantitative estimate of drug-likeness (QED) is 0.443. The van der Waals surface area contributed by atoms with E-state index in [2.05, 4.69) is 0 Å². The number of methoxy groups -OCH3 is 1. The fourth-order valence-corrected chi connectivity index (χ4v) is 4.38. The van der Waals surface area contributed by atoms with Crippen LogP contribution in [-0.4, -0.2) is 63.3 Å². The van der Waals surface area contributed by atoms with Gasteiger partial charge in [0.15, 0.2) is 16.6 Å². The van der Waals surface area contributed by atoms with Crippen molar-refractivity contribution in [1.29, 1.82) is 0 Å². The summed E-state index contributed by atoms with van der Waals surface area (Å²) < 4.78 is 17.9. The topological polar surface area (TPSA) is 64.1 Å². The predicted octanol–water partition coefficient (Wildman–Crippen LogP) is 4.62. The summed E-state index contributed by atoms with van der Waals surface area (Å²) in [6, 6.07) is 9.23. The van der Waals surface area contributed by atoms with E-state index in [-0.39, 0.29) is 5.91 Å². The molecular weight excluding hydrogens is 426 g/mol. The van der Waals surface area contributed by atoms with Crippen molar-refractivity contribution < 1.29 is 19.0 Å². The van der Waals surface area contributed by atoms with Crippen LogP contribution in [0.5, 0.6) is 17.2 Å². The number of likely N-dealkylation sites (N-methyl/N-ethyl adjacent to an activating group) is 1. The van der Waals surface area contributed by atoms with E-state index < -0.39 is 0 Å². The molecule has 3 aromatic rings. The number of carbonyl (C=O) groups excluding carboxylic acids is 1. The van der Waals surface area contributed by atoms with Gasteiger partial charge in [-0.25, -0.2) is 4.98 Å². The Morgan fingerprint density at radius 2 is 1.69 bits per heavy atom. The minimum atomic E-state index is -0.133. The van der Waals surface area contributed by atoms with Crippen LogP contribution in [0.15, 0.2) is 30.3 Å². The van der Waals surface area contributed by atoms with Gasteiger partial charge in [-0.05, 0) is 64.7 Å². The van der Waals surface area contributed by atoms with Crippen LogP contribution in [0.2, 0.25) is 0 Å². The Morgan fingerprint density at radius 1 is 1.00 bits per heavy atom. The highest BCUT2D eigenvalue weighted by molar-refractivity contribution is 7.22. The smallest absolute Gasteiger partial charge is 0.260 e. The third-order valence-corrected chi connectivity index (χ3v) is 6.16. The molecule has 172 valence electrons. The number of anilines is 1. The maximum Gasteiger partial charge on any atom is 0.260 e. The fourth-order valence-electron chi connectivity index (χ4n) is 3.30. The number of ether oxygens (including phenoxy) is 3. The molecule has 32 heavy (non-hydrogen) atoms. The van der Waals surface area contributed by atoms with Gasteiger partial charge in [-0.1, -0.05) is 17.4 Å². The summed E-state index contributed by atoms with van der Waals surface area (Å²) in [7, 11) is 5.60. The van der Waals surface area contributed by atoms with E-state index in [1.165, 1.54) is 11.3 Å². The molecule has 3 rings (SSSR count). The molecule has 0 fully saturated rings. The first-order chi connectivity index (χ1) is 15.4. The lowest BCUT2D eigenvalue weighted by Gasteiger charge is -2.22. The summed E-state index contributed by atoms with van der Waals surface area (Å²) in [6.45, 7) is 8.08. The van der Waals surface area contributed by atoms with Crippen molar-refractivity contribution >= 4 is 32.6 Å². The molecule has 7 nitrogen and oxygen atoms in total. The molecule has 8 heteroatoms. The number of nitrogens with zero attached hydrogens (tertiary/aromatic N) is 3. The summed E-state index contributed by atoms with van der Waals surface area (Å²) in [5.41, 5.74) is 2.40. The van der Waals surface area contributed by atoms with Crippen LogP contribution >= 0.6 is 11.3 Å². The molecule has 2 aromatic carbocycles. The molecule has 0 saturated carbocycles. The van der Waals surface area contributed by atoms with Gasteiger partial charge in [0.2, 0.25) is 0 Å². The lowest BCUT2D eigenvalue weighted by atomic mass is 10.1. The number of carbonyl (C=O) groups is 1. The normalized spacial score (nSPS) is 11.1. The number of thiazole rings is 1. The van der Waals surface area contributed by atoms with Crippen molar-refractivity contribution in [3.8, 4) is 17.2 Å². The monoisotopic (exact) mass is 457 g/mol. The van der Waals surface area contributed by atoms with E-state index in [0.29, 0.717) is 54.2 Å². The molecule has 0 unspecified atom stereocenters. The summed E-state index contributed by atoms with van der Waals surface area (Å²) in [5, 5.41) is 0.645. The van der Waals surface area contributed by atoms with Crippen LogP contribution in [0.3, 0.4) is 0 Å². The lowest BCUT2D eigenvalue weighted by Crippen LogP contribution is -2.36. The molecule has 1 aromatic heterocycles. The average Bonchev–Trinajstić information content (AvgIpc) is 3.21. The molecule has 0 spiro atoms. The largest absolute Gasteiger partial charge is 0.494 e. The average molecular weight is 458 g/mol. The lowest BCUT2D eigenvalue weighted by molar-refractivity contribution is 0.0984. The maximum absolute atomic E-state index is 13.6. The van der Waals surface area contributed by atoms with Crippen molar-refractivity contribution in [2.24, 2.45) is 0 Å². The van der Waals surface area contributed by atoms with Crippen LogP contribution in [0, 0.1) is 6.92 Å². The van der Waals surface area contributed by atoms with Gasteiger partial charge in [0.1, 0.15) is 11.3 Å². The number of benzene rings is 2. The maximum atomic E-state index is 13.6. The molecule has 0 N–H and O–H groups in total. The molecular formula is C24H31N3O4S. The van der Waals surface area contributed by atoms with Crippen molar-refractivity contribution in [2.45, 2.75) is 20.8 Å². The van der Waals surface area contributed by atoms with Crippen molar-refractivity contribution in [3.05, 3.63) is 41.5 Å². The molecule has 0 radical (unpaired) electrons. The number of fused-ring (bicyclic) bond motifs is 1. The molecule has 0 saturated heterocycles. The van der Waals surface area contributed by atoms with Crippen molar-refractivity contribution in [2.75, 3.05) is 52.4 Å². The van der Waals surface area contributed by atoms with Crippen LogP contribution in [0.25, 0.3) is 10.2 Å². The zero-order chi connectivity index (χ0) is 23.3. The van der Waals surface area contributed by atoms with Gasteiger partial charge in [0.25, 0.3) is 5.91 Å². The standard InChI is InChI=1S/C24H31N3O4S/c1-7-30-18-12-10-17(15-20(18)31-8-2)23(28)27(14-13-26(4)5)24-25-21-19(29-6)11-9-16(3)22(21)32-24/h9-12,15H,7-8,13-14H2,1-6H3. The summed E-state index contributed by atoms with van der Waals surface area (Å²) in [4.78, 5) is 22.2. The van der Waals surface area contributed by atoms with E-state index >= 15 is 0 Å². The van der Waals surface area contributed by atoms with Gasteiger partial charge in [-0.15, -0.1) is 0 Å². The Labute approximate surface area is 193 Å². The van der Waals surface area contributed by atoms with E-state index in [9.17, 15) is 4.79 Å². The van der Waals surface area contributed by atoms with Crippen LogP contribution in [-0.2, 0) is 0 Å². The third kappa shape index (κ3) is 5.14. The number of hydrogen-bond acceptors (Lipinski definition) is 7. The predicted molar refractivity (Wildman–Crippen MR) is 130 cm³/mol. The van der Waals surface area contributed by atoms with Crippen LogP contribution in [0.1, 0.15) is 29.8 Å². The number of aromatic nitrogens is 1.